The fourth-order valence-corrected chi connectivity index (χ4v) is 2.66. The van der Waals surface area contributed by atoms with Gasteiger partial charge in [-0.3, -0.25) is 4.90 Å². The maximum Gasteiger partial charge on any atom is 0.414 e. The van der Waals surface area contributed by atoms with Crippen LogP contribution in [0, 0.1) is 6.92 Å². The van der Waals surface area contributed by atoms with Gasteiger partial charge in [0.15, 0.2) is 0 Å². The molecular formula is C19H30N2O7. The molecule has 1 atom stereocenters. The second-order valence-corrected chi connectivity index (χ2v) is 6.46. The number of aliphatic carboxylic acids is 2. The first-order valence-corrected chi connectivity index (χ1v) is 9.08. The molecule has 1 fully saturated rings. The molecule has 28 heavy (non-hydrogen) atoms. The highest BCUT2D eigenvalue weighted by atomic mass is 16.5. The standard InChI is InChI=1S/C17H28N2O3.C2H2O4/c1-15-3-5-16(6-4-15)19-9-7-18(8-10-19)13-17(20)14-22-12-11-21-2;3-1(4)2(5)6/h3-6,17,20H,7-14H2,1-2H3;(H,3,4)(H,5,6). The first-order valence-electron chi connectivity index (χ1n) is 9.08. The lowest BCUT2D eigenvalue weighted by molar-refractivity contribution is -0.159. The number of nitrogens with zero attached hydrogens (tertiary/aromatic N) is 2. The van der Waals surface area contributed by atoms with Gasteiger partial charge in [-0.25, -0.2) is 9.59 Å². The van der Waals surface area contributed by atoms with E-state index in [0.29, 0.717) is 26.4 Å². The van der Waals surface area contributed by atoms with Gasteiger partial charge < -0.3 is 29.7 Å². The lowest BCUT2D eigenvalue weighted by Crippen LogP contribution is -2.49. The zero-order valence-corrected chi connectivity index (χ0v) is 16.4. The van der Waals surface area contributed by atoms with Crippen molar-refractivity contribution in [1.82, 2.24) is 4.90 Å². The van der Waals surface area contributed by atoms with Crippen LogP contribution in [0.5, 0.6) is 0 Å². The van der Waals surface area contributed by atoms with Crippen molar-refractivity contribution >= 4 is 17.6 Å². The number of β-amino-alcohol motifs (C(OH)–C–C–N with tert-alkyl or cyclic N) is 1. The van der Waals surface area contributed by atoms with Crippen LogP contribution in [0.3, 0.4) is 0 Å². The molecule has 0 amide bonds. The fraction of sp³-hybridized carbons (Fsp3) is 0.579. The Labute approximate surface area is 165 Å². The van der Waals surface area contributed by atoms with Gasteiger partial charge in [-0.15, -0.1) is 0 Å². The summed E-state index contributed by atoms with van der Waals surface area (Å²) < 4.78 is 10.3. The number of aryl methyl sites for hydroxylation is 1. The topological polar surface area (TPSA) is 120 Å². The molecule has 1 aromatic carbocycles. The number of carboxylic acids is 2. The molecule has 0 radical (unpaired) electrons. The molecule has 9 heteroatoms. The fourth-order valence-electron chi connectivity index (χ4n) is 2.66. The van der Waals surface area contributed by atoms with Crippen molar-refractivity contribution in [1.29, 1.82) is 0 Å². The Morgan fingerprint density at radius 3 is 2.11 bits per heavy atom. The number of methoxy groups -OCH3 is 1. The summed E-state index contributed by atoms with van der Waals surface area (Å²) in [5, 5.41) is 24.8. The number of aliphatic hydroxyl groups excluding tert-OH is 1. The van der Waals surface area contributed by atoms with Gasteiger partial charge >= 0.3 is 11.9 Å². The number of carbonyl (C=O) groups is 2. The molecular weight excluding hydrogens is 368 g/mol. The largest absolute Gasteiger partial charge is 0.473 e. The number of carboxylic acid groups (broad SMARTS) is 2. The van der Waals surface area contributed by atoms with Gasteiger partial charge in [0.25, 0.3) is 0 Å². The lowest BCUT2D eigenvalue weighted by Gasteiger charge is -2.36. The van der Waals surface area contributed by atoms with Crippen molar-refractivity contribution < 1.29 is 34.4 Å². The van der Waals surface area contributed by atoms with E-state index in [-0.39, 0.29) is 0 Å². The Hall–Kier alpha value is -2.20. The van der Waals surface area contributed by atoms with E-state index in [1.165, 1.54) is 11.3 Å². The van der Waals surface area contributed by atoms with Crippen molar-refractivity contribution in [2.45, 2.75) is 13.0 Å². The minimum Gasteiger partial charge on any atom is -0.473 e. The molecule has 0 aromatic heterocycles. The highest BCUT2D eigenvalue weighted by molar-refractivity contribution is 6.27. The van der Waals surface area contributed by atoms with Crippen LogP contribution in [-0.4, -0.2) is 97.9 Å². The molecule has 1 aliphatic heterocycles. The minimum atomic E-state index is -1.82. The van der Waals surface area contributed by atoms with Crippen LogP contribution < -0.4 is 4.90 Å². The molecule has 1 aromatic rings. The van der Waals surface area contributed by atoms with Crippen molar-refractivity contribution in [3.05, 3.63) is 29.8 Å². The number of rotatable bonds is 8. The Kier molecular flexibility index (Phi) is 11.1. The summed E-state index contributed by atoms with van der Waals surface area (Å²) >= 11 is 0. The maximum atomic E-state index is 9.99. The molecule has 3 N–H and O–H groups in total. The van der Waals surface area contributed by atoms with E-state index >= 15 is 0 Å². The lowest BCUT2D eigenvalue weighted by atomic mass is 10.2. The number of aliphatic hydroxyl groups is 1. The van der Waals surface area contributed by atoms with Crippen LogP contribution in [0.15, 0.2) is 24.3 Å². The van der Waals surface area contributed by atoms with E-state index in [9.17, 15) is 5.11 Å². The summed E-state index contributed by atoms with van der Waals surface area (Å²) in [6.45, 7) is 8.22. The SMILES string of the molecule is COCCOCC(O)CN1CCN(c2ccc(C)cc2)CC1.O=C(O)C(=O)O. The van der Waals surface area contributed by atoms with Gasteiger partial charge in [0.2, 0.25) is 0 Å². The van der Waals surface area contributed by atoms with Crippen molar-refractivity contribution in [3.63, 3.8) is 0 Å². The quantitative estimate of drug-likeness (QED) is 0.419. The van der Waals surface area contributed by atoms with Crippen molar-refractivity contribution in [3.8, 4) is 0 Å². The smallest absolute Gasteiger partial charge is 0.414 e. The van der Waals surface area contributed by atoms with Crippen LogP contribution >= 0.6 is 0 Å². The Bertz CT molecular complexity index is 574. The Morgan fingerprint density at radius 2 is 1.61 bits per heavy atom. The normalized spacial score (nSPS) is 15.5. The van der Waals surface area contributed by atoms with Gasteiger partial charge in [-0.2, -0.15) is 0 Å². The van der Waals surface area contributed by atoms with Gasteiger partial charge in [-0.05, 0) is 19.1 Å². The van der Waals surface area contributed by atoms with Gasteiger partial charge in [0.1, 0.15) is 0 Å². The summed E-state index contributed by atoms with van der Waals surface area (Å²) in [7, 11) is 1.65. The average molecular weight is 398 g/mol. The first kappa shape index (κ1) is 23.8. The van der Waals surface area contributed by atoms with E-state index in [2.05, 4.69) is 41.0 Å². The summed E-state index contributed by atoms with van der Waals surface area (Å²) in [5.41, 5.74) is 2.58. The van der Waals surface area contributed by atoms with Crippen LogP contribution in [0.25, 0.3) is 0 Å². The van der Waals surface area contributed by atoms with E-state index in [4.69, 9.17) is 29.3 Å². The number of hydrogen-bond donors (Lipinski definition) is 3. The number of anilines is 1. The van der Waals surface area contributed by atoms with Crippen LogP contribution in [0.4, 0.5) is 5.69 Å². The van der Waals surface area contributed by atoms with E-state index < -0.39 is 18.0 Å². The predicted molar refractivity (Wildman–Crippen MR) is 104 cm³/mol. The molecule has 0 spiro atoms. The molecule has 0 saturated carbocycles. The third-order valence-electron chi connectivity index (χ3n) is 4.17. The van der Waals surface area contributed by atoms with Gasteiger partial charge in [0.05, 0.1) is 25.9 Å². The molecule has 0 aliphatic carbocycles. The molecule has 1 unspecified atom stereocenters. The minimum absolute atomic E-state index is 0.377. The number of piperazine rings is 1. The summed E-state index contributed by atoms with van der Waals surface area (Å²) in [4.78, 5) is 22.9. The maximum absolute atomic E-state index is 9.99. The van der Waals surface area contributed by atoms with Crippen molar-refractivity contribution in [2.75, 3.05) is 64.6 Å². The molecule has 0 bridgehead atoms. The first-order chi connectivity index (χ1) is 13.3. The predicted octanol–water partition coefficient (Wildman–Crippen LogP) is 0.297. The number of ether oxygens (including phenoxy) is 2. The zero-order valence-electron chi connectivity index (χ0n) is 16.4. The third kappa shape index (κ3) is 9.65. The van der Waals surface area contributed by atoms with Crippen molar-refractivity contribution in [2.24, 2.45) is 0 Å². The Balaban J connectivity index is 0.000000568. The van der Waals surface area contributed by atoms with E-state index in [0.717, 1.165) is 26.2 Å². The van der Waals surface area contributed by atoms with Crippen LogP contribution in [0.1, 0.15) is 5.56 Å². The number of benzene rings is 1. The summed E-state index contributed by atoms with van der Waals surface area (Å²) in [6.07, 6.45) is -0.428. The molecule has 9 nitrogen and oxygen atoms in total. The third-order valence-corrected chi connectivity index (χ3v) is 4.17. The van der Waals surface area contributed by atoms with E-state index in [1.807, 2.05) is 0 Å². The molecule has 2 rings (SSSR count). The summed E-state index contributed by atoms with van der Waals surface area (Å²) in [5.74, 6) is -3.65. The highest BCUT2D eigenvalue weighted by Gasteiger charge is 2.19. The highest BCUT2D eigenvalue weighted by Crippen LogP contribution is 2.17. The van der Waals surface area contributed by atoms with Gasteiger partial charge in [0, 0.05) is 45.5 Å². The average Bonchev–Trinajstić information content (AvgIpc) is 2.67. The second kappa shape index (κ2) is 13.1. The number of hydrogen-bond acceptors (Lipinski definition) is 7. The monoisotopic (exact) mass is 398 g/mol. The van der Waals surface area contributed by atoms with E-state index in [1.54, 1.807) is 7.11 Å². The Morgan fingerprint density at radius 1 is 1.04 bits per heavy atom. The summed E-state index contributed by atoms with van der Waals surface area (Å²) in [6, 6.07) is 8.68. The van der Waals surface area contributed by atoms with Gasteiger partial charge in [-0.1, -0.05) is 17.7 Å². The molecule has 1 saturated heterocycles. The van der Waals surface area contributed by atoms with Crippen LogP contribution in [0.2, 0.25) is 0 Å². The zero-order chi connectivity index (χ0) is 20.9. The molecule has 1 heterocycles. The second-order valence-electron chi connectivity index (χ2n) is 6.46. The molecule has 158 valence electrons. The van der Waals surface area contributed by atoms with Crippen LogP contribution in [-0.2, 0) is 19.1 Å². The molecule has 1 aliphatic rings.